The molecule has 0 aliphatic carbocycles. The number of hydrogen-bond donors (Lipinski definition) is 2. The SMILES string of the molecule is COc1ccc(-c2[nH]c3ccccc3c2CCC(=O)Nc2ccc(N3CCOCC3)c(F)c2)cc1. The third-order valence-electron chi connectivity index (χ3n) is 6.38. The molecule has 7 heteroatoms. The number of aryl methyl sites for hydroxylation is 1. The quantitative estimate of drug-likeness (QED) is 0.378. The average molecular weight is 474 g/mol. The Morgan fingerprint density at radius 1 is 1.09 bits per heavy atom. The summed E-state index contributed by atoms with van der Waals surface area (Å²) in [7, 11) is 1.64. The van der Waals surface area contributed by atoms with Crippen molar-refractivity contribution in [1.29, 1.82) is 0 Å². The normalized spacial score (nSPS) is 13.7. The van der Waals surface area contributed by atoms with Crippen molar-refractivity contribution in [2.24, 2.45) is 0 Å². The lowest BCUT2D eigenvalue weighted by Gasteiger charge is -2.29. The number of morpholine rings is 1. The lowest BCUT2D eigenvalue weighted by atomic mass is 10.0. The Labute approximate surface area is 203 Å². The minimum atomic E-state index is -0.344. The number of amides is 1. The van der Waals surface area contributed by atoms with Crippen molar-refractivity contribution >= 4 is 28.2 Å². The fraction of sp³-hybridized carbons (Fsp3) is 0.250. The molecule has 1 amide bonds. The second-order valence-corrected chi connectivity index (χ2v) is 8.57. The first kappa shape index (κ1) is 22.9. The maximum absolute atomic E-state index is 14.7. The van der Waals surface area contributed by atoms with Crippen molar-refractivity contribution in [2.75, 3.05) is 43.6 Å². The summed E-state index contributed by atoms with van der Waals surface area (Å²) in [5.74, 6) is 0.287. The van der Waals surface area contributed by atoms with E-state index in [4.69, 9.17) is 9.47 Å². The Morgan fingerprint density at radius 2 is 1.86 bits per heavy atom. The number of aromatic nitrogens is 1. The lowest BCUT2D eigenvalue weighted by Crippen LogP contribution is -2.36. The molecule has 0 atom stereocenters. The topological polar surface area (TPSA) is 66.6 Å². The van der Waals surface area contributed by atoms with E-state index in [1.54, 1.807) is 19.2 Å². The van der Waals surface area contributed by atoms with Crippen LogP contribution in [0.1, 0.15) is 12.0 Å². The van der Waals surface area contributed by atoms with Gasteiger partial charge >= 0.3 is 0 Å². The number of nitrogens with zero attached hydrogens (tertiary/aromatic N) is 1. The summed E-state index contributed by atoms with van der Waals surface area (Å²) < 4.78 is 25.3. The largest absolute Gasteiger partial charge is 0.497 e. The number of rotatable bonds is 7. The zero-order valence-corrected chi connectivity index (χ0v) is 19.6. The van der Waals surface area contributed by atoms with Gasteiger partial charge in [0.05, 0.1) is 26.0 Å². The zero-order chi connectivity index (χ0) is 24.2. The Hall–Kier alpha value is -3.84. The van der Waals surface area contributed by atoms with Crippen LogP contribution in [0.25, 0.3) is 22.2 Å². The van der Waals surface area contributed by atoms with Gasteiger partial charge in [-0.25, -0.2) is 4.39 Å². The first-order valence-electron chi connectivity index (χ1n) is 11.8. The molecule has 0 radical (unpaired) electrons. The maximum atomic E-state index is 14.7. The number of carbonyl (C=O) groups is 1. The second kappa shape index (κ2) is 10.2. The van der Waals surface area contributed by atoms with E-state index in [1.807, 2.05) is 47.4 Å². The molecule has 1 aromatic heterocycles. The van der Waals surface area contributed by atoms with Crippen LogP contribution in [0.15, 0.2) is 66.7 Å². The number of hydrogen-bond acceptors (Lipinski definition) is 4. The molecule has 5 rings (SSSR count). The molecule has 0 saturated carbocycles. The monoisotopic (exact) mass is 473 g/mol. The lowest BCUT2D eigenvalue weighted by molar-refractivity contribution is -0.116. The van der Waals surface area contributed by atoms with Gasteiger partial charge in [-0.05, 0) is 66.1 Å². The van der Waals surface area contributed by atoms with E-state index in [1.165, 1.54) is 6.07 Å². The summed E-state index contributed by atoms with van der Waals surface area (Å²) in [5.41, 5.74) is 5.11. The van der Waals surface area contributed by atoms with Gasteiger partial charge in [-0.2, -0.15) is 0 Å². The fourth-order valence-electron chi connectivity index (χ4n) is 4.57. The predicted molar refractivity (Wildman–Crippen MR) is 137 cm³/mol. The standard InChI is InChI=1S/C28H28FN3O3/c1-34-21-9-6-19(7-10-21)28-23(22-4-2-3-5-25(22)31-28)11-13-27(33)30-20-8-12-26(24(29)18-20)32-14-16-35-17-15-32/h2-10,12,18,31H,11,13-17H2,1H3,(H,30,33). The molecule has 0 spiro atoms. The van der Waals surface area contributed by atoms with E-state index in [2.05, 4.69) is 16.4 Å². The number of ether oxygens (including phenoxy) is 2. The van der Waals surface area contributed by atoms with Crippen LogP contribution < -0.4 is 15.0 Å². The van der Waals surface area contributed by atoms with Crippen LogP contribution in [0, 0.1) is 5.82 Å². The number of fused-ring (bicyclic) bond motifs is 1. The van der Waals surface area contributed by atoms with Crippen LogP contribution in [0.5, 0.6) is 5.75 Å². The molecule has 2 heterocycles. The molecule has 35 heavy (non-hydrogen) atoms. The molecule has 1 aliphatic heterocycles. The molecule has 0 bridgehead atoms. The van der Waals surface area contributed by atoms with Crippen molar-refractivity contribution in [3.63, 3.8) is 0 Å². The van der Waals surface area contributed by atoms with Crippen molar-refractivity contribution in [3.8, 4) is 17.0 Å². The van der Waals surface area contributed by atoms with Crippen LogP contribution in [0.4, 0.5) is 15.8 Å². The molecule has 3 aromatic carbocycles. The number of benzene rings is 3. The van der Waals surface area contributed by atoms with Crippen LogP contribution in [-0.2, 0) is 16.0 Å². The summed E-state index contributed by atoms with van der Waals surface area (Å²) in [4.78, 5) is 18.2. The third kappa shape index (κ3) is 5.00. The van der Waals surface area contributed by atoms with E-state index in [0.717, 1.165) is 33.5 Å². The van der Waals surface area contributed by atoms with Crippen LogP contribution in [0.2, 0.25) is 0 Å². The molecule has 6 nitrogen and oxygen atoms in total. The van der Waals surface area contributed by atoms with Gasteiger partial charge in [0.25, 0.3) is 0 Å². The summed E-state index contributed by atoms with van der Waals surface area (Å²) in [6.07, 6.45) is 0.823. The number of anilines is 2. The Morgan fingerprint density at radius 3 is 2.60 bits per heavy atom. The molecule has 180 valence electrons. The van der Waals surface area contributed by atoms with Gasteiger partial charge in [0.15, 0.2) is 0 Å². The number of aromatic amines is 1. The van der Waals surface area contributed by atoms with E-state index < -0.39 is 0 Å². The van der Waals surface area contributed by atoms with Crippen molar-refractivity contribution in [2.45, 2.75) is 12.8 Å². The van der Waals surface area contributed by atoms with E-state index in [-0.39, 0.29) is 18.1 Å². The molecule has 2 N–H and O–H groups in total. The summed E-state index contributed by atoms with van der Waals surface area (Å²) in [5, 5.41) is 3.94. The minimum absolute atomic E-state index is 0.158. The number of H-pyrrole nitrogens is 1. The van der Waals surface area contributed by atoms with E-state index in [0.29, 0.717) is 44.1 Å². The van der Waals surface area contributed by atoms with Crippen molar-refractivity contribution in [1.82, 2.24) is 4.98 Å². The predicted octanol–water partition coefficient (Wildman–Crippen LogP) is 5.39. The Kier molecular flexibility index (Phi) is 6.68. The van der Waals surface area contributed by atoms with Crippen LogP contribution in [0.3, 0.4) is 0 Å². The highest BCUT2D eigenvalue weighted by atomic mass is 19.1. The van der Waals surface area contributed by atoms with Crippen molar-refractivity contribution < 1.29 is 18.7 Å². The highest BCUT2D eigenvalue weighted by Crippen LogP contribution is 2.32. The van der Waals surface area contributed by atoms with Crippen LogP contribution in [-0.4, -0.2) is 44.3 Å². The van der Waals surface area contributed by atoms with Gasteiger partial charge in [-0.1, -0.05) is 18.2 Å². The van der Waals surface area contributed by atoms with Crippen LogP contribution >= 0.6 is 0 Å². The van der Waals surface area contributed by atoms with Gasteiger partial charge in [-0.15, -0.1) is 0 Å². The number of nitrogens with one attached hydrogen (secondary N) is 2. The number of methoxy groups -OCH3 is 1. The van der Waals surface area contributed by atoms with E-state index >= 15 is 0 Å². The highest BCUT2D eigenvalue weighted by Gasteiger charge is 2.17. The number of carbonyl (C=O) groups excluding carboxylic acids is 1. The van der Waals surface area contributed by atoms with E-state index in [9.17, 15) is 9.18 Å². The summed E-state index contributed by atoms with van der Waals surface area (Å²) >= 11 is 0. The number of para-hydroxylation sites is 1. The smallest absolute Gasteiger partial charge is 0.224 e. The molecular weight excluding hydrogens is 445 g/mol. The molecule has 1 saturated heterocycles. The Bertz CT molecular complexity index is 1330. The second-order valence-electron chi connectivity index (χ2n) is 8.57. The van der Waals surface area contributed by atoms with Gasteiger partial charge in [0, 0.05) is 41.8 Å². The van der Waals surface area contributed by atoms with Gasteiger partial charge in [0.1, 0.15) is 11.6 Å². The Balaban J connectivity index is 1.31. The highest BCUT2D eigenvalue weighted by molar-refractivity contribution is 5.94. The molecule has 1 aliphatic rings. The molecule has 4 aromatic rings. The molecule has 1 fully saturated rings. The first-order chi connectivity index (χ1) is 17.1. The zero-order valence-electron chi connectivity index (χ0n) is 19.6. The van der Waals surface area contributed by atoms with Gasteiger partial charge < -0.3 is 24.7 Å². The number of halogens is 1. The molecular formula is C28H28FN3O3. The minimum Gasteiger partial charge on any atom is -0.497 e. The van der Waals surface area contributed by atoms with Gasteiger partial charge in [0.2, 0.25) is 5.91 Å². The first-order valence-corrected chi connectivity index (χ1v) is 11.8. The fourth-order valence-corrected chi connectivity index (χ4v) is 4.57. The van der Waals surface area contributed by atoms with Gasteiger partial charge in [-0.3, -0.25) is 4.79 Å². The third-order valence-corrected chi connectivity index (χ3v) is 6.38. The summed E-state index contributed by atoms with van der Waals surface area (Å²) in [6.45, 7) is 2.49. The average Bonchev–Trinajstić information content (AvgIpc) is 3.27. The summed E-state index contributed by atoms with van der Waals surface area (Å²) in [6, 6.07) is 20.8. The maximum Gasteiger partial charge on any atom is 0.224 e. The van der Waals surface area contributed by atoms with Crippen molar-refractivity contribution in [3.05, 3.63) is 78.1 Å². The molecule has 0 unspecified atom stereocenters.